The molecule has 0 radical (unpaired) electrons. The third-order valence-corrected chi connectivity index (χ3v) is 3.12. The Bertz CT molecular complexity index is 597. The number of rotatable bonds is 3. The van der Waals surface area contributed by atoms with E-state index >= 15 is 0 Å². The topological polar surface area (TPSA) is 102 Å². The molecule has 0 amide bonds. The van der Waals surface area contributed by atoms with E-state index in [4.69, 9.17) is 5.73 Å². The first-order valence-electron chi connectivity index (χ1n) is 5.43. The van der Waals surface area contributed by atoms with Gasteiger partial charge in [0.25, 0.3) is 0 Å². The summed E-state index contributed by atoms with van der Waals surface area (Å²) in [5.41, 5.74) is 6.13. The van der Waals surface area contributed by atoms with Crippen LogP contribution in [0.4, 0.5) is 5.95 Å². The normalized spacial score (nSPS) is 11.1. The minimum Gasteiger partial charge on any atom is -0.368 e. The van der Waals surface area contributed by atoms with Crippen LogP contribution in [0.1, 0.15) is 25.6 Å². The van der Waals surface area contributed by atoms with Crippen LogP contribution in [0.25, 0.3) is 0 Å². The maximum Gasteiger partial charge on any atom is 0.344 e. The molecule has 2 aromatic heterocycles. The molecule has 0 aromatic carbocycles. The smallest absolute Gasteiger partial charge is 0.344 e. The first-order valence-corrected chi connectivity index (χ1v) is 6.25. The Morgan fingerprint density at radius 1 is 1.44 bits per heavy atom. The van der Waals surface area contributed by atoms with Crippen molar-refractivity contribution in [3.63, 3.8) is 0 Å². The van der Waals surface area contributed by atoms with Gasteiger partial charge in [0.15, 0.2) is 5.16 Å². The Morgan fingerprint density at radius 2 is 2.17 bits per heavy atom. The SMILES string of the molecule is Cc1cc(Sc2n[nH]c(=O)n2C(C)C)nc(N)n1. The molecule has 0 saturated heterocycles. The highest BCUT2D eigenvalue weighted by Crippen LogP contribution is 2.25. The lowest BCUT2D eigenvalue weighted by atomic mass is 10.4. The van der Waals surface area contributed by atoms with Crippen molar-refractivity contribution < 1.29 is 0 Å². The van der Waals surface area contributed by atoms with E-state index in [0.29, 0.717) is 10.2 Å². The summed E-state index contributed by atoms with van der Waals surface area (Å²) in [7, 11) is 0. The van der Waals surface area contributed by atoms with E-state index in [9.17, 15) is 4.79 Å². The zero-order valence-corrected chi connectivity index (χ0v) is 11.2. The van der Waals surface area contributed by atoms with Gasteiger partial charge >= 0.3 is 5.69 Å². The largest absolute Gasteiger partial charge is 0.368 e. The number of aromatic nitrogens is 5. The molecule has 96 valence electrons. The molecule has 0 unspecified atom stereocenters. The summed E-state index contributed by atoms with van der Waals surface area (Å²) >= 11 is 1.28. The summed E-state index contributed by atoms with van der Waals surface area (Å²) < 4.78 is 1.57. The second-order valence-corrected chi connectivity index (χ2v) is 5.07. The Labute approximate surface area is 108 Å². The van der Waals surface area contributed by atoms with Gasteiger partial charge in [-0.1, -0.05) is 0 Å². The number of nitrogens with zero attached hydrogens (tertiary/aromatic N) is 4. The van der Waals surface area contributed by atoms with Crippen molar-refractivity contribution in [1.29, 1.82) is 0 Å². The van der Waals surface area contributed by atoms with Gasteiger partial charge in [-0.15, -0.1) is 5.10 Å². The highest BCUT2D eigenvalue weighted by atomic mass is 32.2. The summed E-state index contributed by atoms with van der Waals surface area (Å²) in [4.78, 5) is 19.7. The number of H-pyrrole nitrogens is 1. The third-order valence-electron chi connectivity index (χ3n) is 2.23. The predicted octanol–water partition coefficient (Wildman–Crippen LogP) is 0.984. The van der Waals surface area contributed by atoms with Crippen LogP contribution in [-0.2, 0) is 0 Å². The van der Waals surface area contributed by atoms with Crippen molar-refractivity contribution in [3.8, 4) is 0 Å². The number of aromatic amines is 1. The summed E-state index contributed by atoms with van der Waals surface area (Å²) in [6.45, 7) is 5.67. The fourth-order valence-corrected chi connectivity index (χ4v) is 2.56. The van der Waals surface area contributed by atoms with Crippen molar-refractivity contribution in [2.24, 2.45) is 0 Å². The fraction of sp³-hybridized carbons (Fsp3) is 0.400. The number of nitrogens with one attached hydrogen (secondary N) is 1. The van der Waals surface area contributed by atoms with Gasteiger partial charge in [0, 0.05) is 11.7 Å². The number of hydrogen-bond acceptors (Lipinski definition) is 6. The summed E-state index contributed by atoms with van der Waals surface area (Å²) in [6.07, 6.45) is 0. The second kappa shape index (κ2) is 4.81. The molecule has 0 aliphatic carbocycles. The van der Waals surface area contributed by atoms with Crippen molar-refractivity contribution in [1.82, 2.24) is 24.7 Å². The number of aryl methyl sites for hydroxylation is 1. The van der Waals surface area contributed by atoms with E-state index in [-0.39, 0.29) is 17.7 Å². The van der Waals surface area contributed by atoms with E-state index in [2.05, 4.69) is 20.2 Å². The molecule has 3 N–H and O–H groups in total. The molecule has 0 saturated carbocycles. The number of nitrogens with two attached hydrogens (primary N) is 1. The lowest BCUT2D eigenvalue weighted by molar-refractivity contribution is 0.534. The van der Waals surface area contributed by atoms with Crippen LogP contribution in [0.5, 0.6) is 0 Å². The monoisotopic (exact) mass is 266 g/mol. The van der Waals surface area contributed by atoms with Crippen LogP contribution in [0.15, 0.2) is 21.0 Å². The lowest BCUT2D eigenvalue weighted by Gasteiger charge is -2.08. The van der Waals surface area contributed by atoms with Gasteiger partial charge in [-0.25, -0.2) is 19.9 Å². The Balaban J connectivity index is 2.37. The molecule has 2 rings (SSSR count). The van der Waals surface area contributed by atoms with Crippen molar-refractivity contribution in [2.75, 3.05) is 5.73 Å². The summed E-state index contributed by atoms with van der Waals surface area (Å²) in [5.74, 6) is 0.214. The minimum atomic E-state index is -0.230. The van der Waals surface area contributed by atoms with Crippen LogP contribution in [0.3, 0.4) is 0 Å². The van der Waals surface area contributed by atoms with Crippen LogP contribution >= 0.6 is 11.8 Å². The molecule has 0 fully saturated rings. The fourth-order valence-electron chi connectivity index (χ4n) is 1.53. The number of hydrogen-bond donors (Lipinski definition) is 2. The molecule has 0 atom stereocenters. The molecule has 2 heterocycles. The molecule has 18 heavy (non-hydrogen) atoms. The molecular formula is C10H14N6OS. The molecular weight excluding hydrogens is 252 g/mol. The standard InChI is InChI=1S/C10H14N6OS/c1-5(2)16-9(17)14-15-10(16)18-7-4-6(3)12-8(11)13-7/h4-5H,1-3H3,(H,14,17)(H2,11,12,13). The van der Waals surface area contributed by atoms with Crippen molar-refractivity contribution >= 4 is 17.7 Å². The van der Waals surface area contributed by atoms with Gasteiger partial charge in [-0.2, -0.15) is 0 Å². The van der Waals surface area contributed by atoms with Gasteiger partial charge < -0.3 is 5.73 Å². The van der Waals surface area contributed by atoms with E-state index in [0.717, 1.165) is 5.69 Å². The van der Waals surface area contributed by atoms with Gasteiger partial charge in [0.2, 0.25) is 5.95 Å². The van der Waals surface area contributed by atoms with Crippen LogP contribution < -0.4 is 11.4 Å². The Hall–Kier alpha value is -1.83. The summed E-state index contributed by atoms with van der Waals surface area (Å²) in [5, 5.41) is 7.64. The molecule has 0 spiro atoms. The minimum absolute atomic E-state index is 0.0269. The first kappa shape index (κ1) is 12.6. The van der Waals surface area contributed by atoms with Crippen molar-refractivity contribution in [3.05, 3.63) is 22.2 Å². The van der Waals surface area contributed by atoms with Crippen LogP contribution in [0, 0.1) is 6.92 Å². The highest BCUT2D eigenvalue weighted by molar-refractivity contribution is 7.99. The molecule has 7 nitrogen and oxygen atoms in total. The first-order chi connectivity index (χ1) is 8.47. The molecule has 0 bridgehead atoms. The highest BCUT2D eigenvalue weighted by Gasteiger charge is 2.13. The van der Waals surface area contributed by atoms with Crippen molar-refractivity contribution in [2.45, 2.75) is 37.0 Å². The zero-order valence-electron chi connectivity index (χ0n) is 10.3. The average Bonchev–Trinajstić information content (AvgIpc) is 2.57. The van der Waals surface area contributed by atoms with E-state index in [1.807, 2.05) is 20.8 Å². The van der Waals surface area contributed by atoms with Gasteiger partial charge in [0.1, 0.15) is 5.03 Å². The number of nitrogen functional groups attached to an aromatic ring is 1. The van der Waals surface area contributed by atoms with E-state index in [1.165, 1.54) is 11.8 Å². The second-order valence-electron chi connectivity index (χ2n) is 4.08. The van der Waals surface area contributed by atoms with Gasteiger partial charge in [0.05, 0.1) is 0 Å². The lowest BCUT2D eigenvalue weighted by Crippen LogP contribution is -2.19. The number of anilines is 1. The average molecular weight is 266 g/mol. The quantitative estimate of drug-likeness (QED) is 0.803. The van der Waals surface area contributed by atoms with E-state index < -0.39 is 0 Å². The molecule has 0 aliphatic rings. The third kappa shape index (κ3) is 2.53. The van der Waals surface area contributed by atoms with Gasteiger partial charge in [-0.05, 0) is 38.6 Å². The maximum atomic E-state index is 11.6. The molecule has 2 aromatic rings. The summed E-state index contributed by atoms with van der Waals surface area (Å²) in [6, 6.07) is 1.82. The molecule has 8 heteroatoms. The predicted molar refractivity (Wildman–Crippen MR) is 68.5 cm³/mol. The van der Waals surface area contributed by atoms with Crippen LogP contribution in [0.2, 0.25) is 0 Å². The zero-order chi connectivity index (χ0) is 13.3. The molecule has 0 aliphatic heterocycles. The Kier molecular flexibility index (Phi) is 3.37. The van der Waals surface area contributed by atoms with Crippen LogP contribution in [-0.4, -0.2) is 24.7 Å². The van der Waals surface area contributed by atoms with Gasteiger partial charge in [-0.3, -0.25) is 4.57 Å². The van der Waals surface area contributed by atoms with E-state index in [1.54, 1.807) is 10.6 Å². The Morgan fingerprint density at radius 3 is 2.78 bits per heavy atom. The maximum absolute atomic E-state index is 11.6.